The fourth-order valence-electron chi connectivity index (χ4n) is 1.16. The summed E-state index contributed by atoms with van der Waals surface area (Å²) in [4.78, 5) is 22.3. The SMILES string of the molecule is COC(=O)C1=C(C)NCCC1=O. The molecule has 0 radical (unpaired) electrons. The number of rotatable bonds is 1. The van der Waals surface area contributed by atoms with E-state index in [0.717, 1.165) is 0 Å². The van der Waals surface area contributed by atoms with E-state index in [-0.39, 0.29) is 11.4 Å². The molecule has 0 spiro atoms. The van der Waals surface area contributed by atoms with E-state index in [1.165, 1.54) is 7.11 Å². The maximum absolute atomic E-state index is 11.2. The Labute approximate surface area is 70.6 Å². The summed E-state index contributed by atoms with van der Waals surface area (Å²) in [7, 11) is 1.27. The van der Waals surface area contributed by atoms with E-state index >= 15 is 0 Å². The molecule has 0 atom stereocenters. The van der Waals surface area contributed by atoms with Gasteiger partial charge in [0.25, 0.3) is 0 Å². The minimum Gasteiger partial charge on any atom is -0.465 e. The van der Waals surface area contributed by atoms with E-state index in [4.69, 9.17) is 0 Å². The molecular formula is C8H11NO3. The summed E-state index contributed by atoms with van der Waals surface area (Å²) in [6.45, 7) is 2.30. The zero-order valence-electron chi connectivity index (χ0n) is 7.14. The molecule has 66 valence electrons. The van der Waals surface area contributed by atoms with Crippen LogP contribution in [0.5, 0.6) is 0 Å². The number of nitrogens with one attached hydrogen (secondary N) is 1. The van der Waals surface area contributed by atoms with Crippen LogP contribution in [0, 0.1) is 0 Å². The van der Waals surface area contributed by atoms with Crippen molar-refractivity contribution in [2.75, 3.05) is 13.7 Å². The van der Waals surface area contributed by atoms with Gasteiger partial charge in [0, 0.05) is 18.7 Å². The van der Waals surface area contributed by atoms with Crippen LogP contribution in [0.2, 0.25) is 0 Å². The lowest BCUT2D eigenvalue weighted by Gasteiger charge is -2.16. The highest BCUT2D eigenvalue weighted by molar-refractivity contribution is 6.18. The molecular weight excluding hydrogens is 158 g/mol. The number of carbonyl (C=O) groups excluding carboxylic acids is 2. The highest BCUT2D eigenvalue weighted by Gasteiger charge is 2.24. The van der Waals surface area contributed by atoms with E-state index in [9.17, 15) is 9.59 Å². The average Bonchev–Trinajstić information content (AvgIpc) is 2.03. The maximum Gasteiger partial charge on any atom is 0.343 e. The van der Waals surface area contributed by atoms with Gasteiger partial charge in [-0.3, -0.25) is 4.79 Å². The number of carbonyl (C=O) groups is 2. The van der Waals surface area contributed by atoms with Crippen molar-refractivity contribution in [3.8, 4) is 0 Å². The molecule has 0 saturated heterocycles. The molecule has 1 aliphatic heterocycles. The molecule has 4 nitrogen and oxygen atoms in total. The molecule has 1 aliphatic rings. The van der Waals surface area contributed by atoms with Crippen molar-refractivity contribution >= 4 is 11.8 Å². The Balaban J connectivity index is 2.96. The molecule has 0 fully saturated rings. The second-order valence-electron chi connectivity index (χ2n) is 2.59. The standard InChI is InChI=1S/C8H11NO3/c1-5-7(8(11)12-2)6(10)3-4-9-5/h9H,3-4H2,1-2H3. The van der Waals surface area contributed by atoms with Gasteiger partial charge in [-0.25, -0.2) is 4.79 Å². The van der Waals surface area contributed by atoms with Gasteiger partial charge >= 0.3 is 5.97 Å². The zero-order valence-corrected chi connectivity index (χ0v) is 7.14. The summed E-state index contributed by atoms with van der Waals surface area (Å²) in [6, 6.07) is 0. The summed E-state index contributed by atoms with van der Waals surface area (Å²) in [6.07, 6.45) is 0.363. The van der Waals surface area contributed by atoms with E-state index in [1.54, 1.807) is 6.92 Å². The summed E-state index contributed by atoms with van der Waals surface area (Å²) in [5.74, 6) is -0.692. The number of esters is 1. The Morgan fingerprint density at radius 2 is 2.25 bits per heavy atom. The third kappa shape index (κ3) is 1.47. The Morgan fingerprint density at radius 1 is 1.58 bits per heavy atom. The van der Waals surface area contributed by atoms with Gasteiger partial charge in [-0.1, -0.05) is 0 Å². The first-order valence-corrected chi connectivity index (χ1v) is 3.73. The minimum absolute atomic E-state index is 0.141. The number of hydrogen-bond acceptors (Lipinski definition) is 4. The van der Waals surface area contributed by atoms with Crippen LogP contribution in [-0.2, 0) is 14.3 Å². The average molecular weight is 169 g/mol. The predicted molar refractivity (Wildman–Crippen MR) is 42.3 cm³/mol. The number of allylic oxidation sites excluding steroid dienone is 1. The first-order valence-electron chi connectivity index (χ1n) is 3.73. The lowest BCUT2D eigenvalue weighted by molar-refractivity contribution is -0.138. The normalized spacial score (nSPS) is 17.3. The third-order valence-electron chi connectivity index (χ3n) is 1.79. The largest absolute Gasteiger partial charge is 0.465 e. The van der Waals surface area contributed by atoms with Crippen LogP contribution in [0.1, 0.15) is 13.3 Å². The predicted octanol–water partition coefficient (Wildman–Crippen LogP) is -0.00420. The van der Waals surface area contributed by atoms with E-state index < -0.39 is 5.97 Å². The molecule has 0 aromatic carbocycles. The van der Waals surface area contributed by atoms with Gasteiger partial charge in [-0.05, 0) is 6.92 Å². The smallest absolute Gasteiger partial charge is 0.343 e. The van der Waals surface area contributed by atoms with Crippen molar-refractivity contribution in [3.63, 3.8) is 0 Å². The second-order valence-corrected chi connectivity index (χ2v) is 2.59. The number of ether oxygens (including phenoxy) is 1. The van der Waals surface area contributed by atoms with Gasteiger partial charge in [0.05, 0.1) is 7.11 Å². The van der Waals surface area contributed by atoms with Gasteiger partial charge in [0.15, 0.2) is 5.78 Å². The van der Waals surface area contributed by atoms with Crippen LogP contribution >= 0.6 is 0 Å². The highest BCUT2D eigenvalue weighted by atomic mass is 16.5. The van der Waals surface area contributed by atoms with Crippen molar-refractivity contribution in [1.82, 2.24) is 5.32 Å². The van der Waals surface area contributed by atoms with Crippen LogP contribution < -0.4 is 5.32 Å². The van der Waals surface area contributed by atoms with Crippen molar-refractivity contribution in [2.24, 2.45) is 0 Å². The number of methoxy groups -OCH3 is 1. The van der Waals surface area contributed by atoms with Crippen molar-refractivity contribution < 1.29 is 14.3 Å². The number of Topliss-reactive ketones (excluding diaryl/α,β-unsaturated/α-hetero) is 1. The topological polar surface area (TPSA) is 55.4 Å². The lowest BCUT2D eigenvalue weighted by atomic mass is 10.0. The van der Waals surface area contributed by atoms with Crippen molar-refractivity contribution in [3.05, 3.63) is 11.3 Å². The van der Waals surface area contributed by atoms with E-state index in [2.05, 4.69) is 10.1 Å². The maximum atomic E-state index is 11.2. The van der Waals surface area contributed by atoms with Gasteiger partial charge in [0.2, 0.25) is 0 Å². The fraction of sp³-hybridized carbons (Fsp3) is 0.500. The van der Waals surface area contributed by atoms with E-state index in [1.807, 2.05) is 0 Å². The van der Waals surface area contributed by atoms with E-state index in [0.29, 0.717) is 18.7 Å². The second kappa shape index (κ2) is 3.38. The van der Waals surface area contributed by atoms with Crippen molar-refractivity contribution in [1.29, 1.82) is 0 Å². The van der Waals surface area contributed by atoms with Gasteiger partial charge < -0.3 is 10.1 Å². The third-order valence-corrected chi connectivity index (χ3v) is 1.79. The van der Waals surface area contributed by atoms with Crippen LogP contribution in [-0.4, -0.2) is 25.4 Å². The number of hydrogen-bond donors (Lipinski definition) is 1. The van der Waals surface area contributed by atoms with Crippen molar-refractivity contribution in [2.45, 2.75) is 13.3 Å². The first-order chi connectivity index (χ1) is 5.66. The first kappa shape index (κ1) is 8.77. The monoisotopic (exact) mass is 169 g/mol. The highest BCUT2D eigenvalue weighted by Crippen LogP contribution is 2.11. The molecule has 0 amide bonds. The van der Waals surface area contributed by atoms with Crippen LogP contribution in [0.3, 0.4) is 0 Å². The number of ketones is 1. The molecule has 0 bridgehead atoms. The molecule has 0 aromatic rings. The Kier molecular flexibility index (Phi) is 2.47. The molecule has 1 rings (SSSR count). The van der Waals surface area contributed by atoms with Crippen LogP contribution in [0.4, 0.5) is 0 Å². The lowest BCUT2D eigenvalue weighted by Crippen LogP contribution is -2.30. The Hall–Kier alpha value is -1.32. The minimum atomic E-state index is -0.551. The quantitative estimate of drug-likeness (QED) is 0.443. The molecule has 0 aromatic heterocycles. The summed E-state index contributed by atoms with van der Waals surface area (Å²) in [5.41, 5.74) is 0.766. The molecule has 0 aliphatic carbocycles. The Morgan fingerprint density at radius 3 is 2.75 bits per heavy atom. The van der Waals surface area contributed by atoms with Gasteiger partial charge in [-0.2, -0.15) is 0 Å². The summed E-state index contributed by atoms with van der Waals surface area (Å²) in [5, 5.41) is 2.94. The molecule has 0 unspecified atom stereocenters. The zero-order chi connectivity index (χ0) is 9.14. The van der Waals surface area contributed by atoms with Gasteiger partial charge in [-0.15, -0.1) is 0 Å². The molecule has 0 saturated carbocycles. The summed E-state index contributed by atoms with van der Waals surface area (Å²) >= 11 is 0. The van der Waals surface area contributed by atoms with Crippen LogP contribution in [0.15, 0.2) is 11.3 Å². The molecule has 12 heavy (non-hydrogen) atoms. The Bertz CT molecular complexity index is 255. The fourth-order valence-corrected chi connectivity index (χ4v) is 1.16. The van der Waals surface area contributed by atoms with Crippen LogP contribution in [0.25, 0.3) is 0 Å². The van der Waals surface area contributed by atoms with Gasteiger partial charge in [0.1, 0.15) is 5.57 Å². The molecule has 1 N–H and O–H groups in total. The molecule has 4 heteroatoms. The summed E-state index contributed by atoms with van der Waals surface area (Å²) < 4.78 is 4.47. The molecule has 1 heterocycles.